The summed E-state index contributed by atoms with van der Waals surface area (Å²) in [6.07, 6.45) is 0. The van der Waals surface area contributed by atoms with Crippen LogP contribution in [0.5, 0.6) is 0 Å². The summed E-state index contributed by atoms with van der Waals surface area (Å²) < 4.78 is 0. The van der Waals surface area contributed by atoms with Crippen molar-refractivity contribution in [3.63, 3.8) is 0 Å². The van der Waals surface area contributed by atoms with Crippen molar-refractivity contribution >= 4 is 0 Å². The fraction of sp³-hybridized carbons (Fsp3) is 1.00. The van der Waals surface area contributed by atoms with Crippen LogP contribution in [0.3, 0.4) is 0 Å². The predicted octanol–water partition coefficient (Wildman–Crippen LogP) is -1.05. The number of nitrogens with two attached hydrogens (primary N) is 1. The highest BCUT2D eigenvalue weighted by Crippen LogP contribution is 1.76. The molecular formula is C16H40N3+3. The predicted molar refractivity (Wildman–Crippen MR) is 83.9 cm³/mol. The molecule has 0 amide bonds. The molecule has 0 aromatic carbocycles. The highest BCUT2D eigenvalue weighted by Gasteiger charge is 2.19. The minimum atomic E-state index is 0.738. The van der Waals surface area contributed by atoms with E-state index in [1.807, 2.05) is 0 Å². The maximum absolute atomic E-state index is 2.51. The van der Waals surface area contributed by atoms with Gasteiger partial charge in [0, 0.05) is 0 Å². The maximum atomic E-state index is 2.51. The topological polar surface area (TPSA) is 25.5 Å². The van der Waals surface area contributed by atoms with Gasteiger partial charge < -0.3 is 15.1 Å². The standard InChI is InChI=1S/C16H37N3/c1-13(2)18(14(3)4)11-9-17-10-12-19(15(5)6)16(7)8/h13-17H,9-12H2,1-8H3/p+3. The third kappa shape index (κ3) is 7.91. The quantitative estimate of drug-likeness (QED) is 0.424. The number of hydrogen-bond donors (Lipinski definition) is 3. The molecular weight excluding hydrogens is 234 g/mol. The average Bonchev–Trinajstić information content (AvgIpc) is 2.25. The summed E-state index contributed by atoms with van der Waals surface area (Å²) in [5.41, 5.74) is 0. The highest BCUT2D eigenvalue weighted by atomic mass is 15.2. The first kappa shape index (κ1) is 18.9. The molecule has 0 saturated heterocycles. The van der Waals surface area contributed by atoms with Crippen LogP contribution in [-0.4, -0.2) is 50.3 Å². The number of nitrogens with one attached hydrogen (secondary N) is 2. The first-order chi connectivity index (χ1) is 8.77. The van der Waals surface area contributed by atoms with Gasteiger partial charge in [-0.1, -0.05) is 0 Å². The van der Waals surface area contributed by atoms with Gasteiger partial charge in [-0.15, -0.1) is 0 Å². The lowest BCUT2D eigenvalue weighted by molar-refractivity contribution is -0.963. The molecule has 0 aromatic heterocycles. The summed E-state index contributed by atoms with van der Waals surface area (Å²) >= 11 is 0. The van der Waals surface area contributed by atoms with Crippen molar-refractivity contribution in [1.29, 1.82) is 0 Å². The summed E-state index contributed by atoms with van der Waals surface area (Å²) in [7, 11) is 0. The van der Waals surface area contributed by atoms with E-state index in [0.717, 1.165) is 24.2 Å². The Morgan fingerprint density at radius 1 is 0.579 bits per heavy atom. The van der Waals surface area contributed by atoms with Crippen molar-refractivity contribution in [3.05, 3.63) is 0 Å². The van der Waals surface area contributed by atoms with Gasteiger partial charge in [0.2, 0.25) is 0 Å². The van der Waals surface area contributed by atoms with E-state index in [1.165, 1.54) is 26.2 Å². The van der Waals surface area contributed by atoms with Gasteiger partial charge in [-0.2, -0.15) is 0 Å². The lowest BCUT2D eigenvalue weighted by Crippen LogP contribution is -3.21. The first-order valence-electron chi connectivity index (χ1n) is 8.30. The second-order valence-corrected chi connectivity index (χ2v) is 7.13. The Morgan fingerprint density at radius 2 is 0.842 bits per heavy atom. The molecule has 0 saturated carbocycles. The van der Waals surface area contributed by atoms with Gasteiger partial charge in [0.05, 0.1) is 24.2 Å². The summed E-state index contributed by atoms with van der Waals surface area (Å²) in [5.74, 6) is 0. The Morgan fingerprint density at radius 3 is 1.05 bits per heavy atom. The van der Waals surface area contributed by atoms with E-state index in [2.05, 4.69) is 60.7 Å². The molecule has 0 aliphatic carbocycles. The molecule has 0 unspecified atom stereocenters. The molecule has 0 rings (SSSR count). The Bertz CT molecular complexity index is 174. The lowest BCUT2D eigenvalue weighted by Gasteiger charge is -2.28. The van der Waals surface area contributed by atoms with Gasteiger partial charge in [-0.25, -0.2) is 0 Å². The van der Waals surface area contributed by atoms with E-state index in [9.17, 15) is 0 Å². The van der Waals surface area contributed by atoms with Gasteiger partial charge in [0.1, 0.15) is 26.2 Å². The van der Waals surface area contributed by atoms with Crippen molar-refractivity contribution in [2.75, 3.05) is 26.2 Å². The monoisotopic (exact) mass is 274 g/mol. The molecule has 0 radical (unpaired) electrons. The van der Waals surface area contributed by atoms with E-state index in [-0.39, 0.29) is 0 Å². The van der Waals surface area contributed by atoms with Crippen LogP contribution in [-0.2, 0) is 0 Å². The van der Waals surface area contributed by atoms with Crippen LogP contribution in [0.4, 0.5) is 0 Å². The van der Waals surface area contributed by atoms with Crippen LogP contribution >= 0.6 is 0 Å². The molecule has 0 fully saturated rings. The molecule has 0 spiro atoms. The molecule has 0 heterocycles. The summed E-state index contributed by atoms with van der Waals surface area (Å²) in [5, 5.41) is 2.51. The fourth-order valence-electron chi connectivity index (χ4n) is 3.17. The number of quaternary nitrogens is 3. The Labute approximate surface area is 121 Å². The zero-order valence-electron chi connectivity index (χ0n) is 14.7. The Hall–Kier alpha value is -0.120. The van der Waals surface area contributed by atoms with Crippen LogP contribution in [0.2, 0.25) is 0 Å². The van der Waals surface area contributed by atoms with Gasteiger partial charge >= 0.3 is 0 Å². The second kappa shape index (κ2) is 9.73. The van der Waals surface area contributed by atoms with E-state index in [0.29, 0.717) is 0 Å². The molecule has 3 nitrogen and oxygen atoms in total. The van der Waals surface area contributed by atoms with Gasteiger partial charge in [0.25, 0.3) is 0 Å². The summed E-state index contributed by atoms with van der Waals surface area (Å²) in [6.45, 7) is 23.7. The van der Waals surface area contributed by atoms with Crippen molar-refractivity contribution in [2.24, 2.45) is 0 Å². The molecule has 0 aromatic rings. The average molecular weight is 275 g/mol. The lowest BCUT2D eigenvalue weighted by atomic mass is 10.2. The third-order valence-corrected chi connectivity index (χ3v) is 4.24. The molecule has 0 aliphatic rings. The minimum absolute atomic E-state index is 0.738. The van der Waals surface area contributed by atoms with E-state index >= 15 is 0 Å². The van der Waals surface area contributed by atoms with Gasteiger partial charge in [-0.05, 0) is 55.4 Å². The smallest absolute Gasteiger partial charge is 0.127 e. The van der Waals surface area contributed by atoms with E-state index in [1.54, 1.807) is 9.80 Å². The zero-order valence-corrected chi connectivity index (χ0v) is 14.7. The number of hydrogen-bond acceptors (Lipinski definition) is 0. The largest absolute Gasteiger partial charge is 0.337 e. The van der Waals surface area contributed by atoms with Crippen LogP contribution in [0, 0.1) is 0 Å². The fourth-order valence-corrected chi connectivity index (χ4v) is 3.17. The molecule has 0 aliphatic heterocycles. The molecule has 116 valence electrons. The van der Waals surface area contributed by atoms with Crippen LogP contribution in [0.1, 0.15) is 55.4 Å². The van der Waals surface area contributed by atoms with E-state index in [4.69, 9.17) is 0 Å². The third-order valence-electron chi connectivity index (χ3n) is 4.24. The Kier molecular flexibility index (Phi) is 9.67. The van der Waals surface area contributed by atoms with Crippen LogP contribution in [0.15, 0.2) is 0 Å². The van der Waals surface area contributed by atoms with Gasteiger partial charge in [0.15, 0.2) is 0 Å². The zero-order chi connectivity index (χ0) is 15.0. The minimum Gasteiger partial charge on any atom is -0.337 e. The molecule has 3 heteroatoms. The second-order valence-electron chi connectivity index (χ2n) is 7.13. The highest BCUT2D eigenvalue weighted by molar-refractivity contribution is 4.42. The molecule has 0 bridgehead atoms. The molecule has 4 N–H and O–H groups in total. The van der Waals surface area contributed by atoms with E-state index < -0.39 is 0 Å². The van der Waals surface area contributed by atoms with Crippen molar-refractivity contribution in [1.82, 2.24) is 0 Å². The van der Waals surface area contributed by atoms with Crippen LogP contribution < -0.4 is 15.1 Å². The summed E-state index contributed by atoms with van der Waals surface area (Å²) in [4.78, 5) is 3.46. The van der Waals surface area contributed by atoms with Crippen LogP contribution in [0.25, 0.3) is 0 Å². The van der Waals surface area contributed by atoms with Crippen molar-refractivity contribution in [2.45, 2.75) is 79.6 Å². The van der Waals surface area contributed by atoms with Gasteiger partial charge in [-0.3, -0.25) is 0 Å². The first-order valence-corrected chi connectivity index (χ1v) is 8.30. The maximum Gasteiger partial charge on any atom is 0.127 e. The normalized spacial score (nSPS) is 12.9. The van der Waals surface area contributed by atoms with Crippen molar-refractivity contribution < 1.29 is 15.1 Å². The molecule has 0 atom stereocenters. The number of rotatable bonds is 10. The Balaban J connectivity index is 3.85. The molecule has 19 heavy (non-hydrogen) atoms. The van der Waals surface area contributed by atoms with Crippen molar-refractivity contribution in [3.8, 4) is 0 Å². The SMILES string of the molecule is CC(C)[NH+](CC[NH2+]CC[NH+](C(C)C)C(C)C)C(C)C. The summed E-state index contributed by atoms with van der Waals surface area (Å²) in [6, 6.07) is 2.95.